The van der Waals surface area contributed by atoms with Crippen LogP contribution in [0.5, 0.6) is 5.75 Å². The second kappa shape index (κ2) is 10.2. The fraction of sp³-hybridized carbons (Fsp3) is 0.269. The molecule has 6 heteroatoms. The van der Waals surface area contributed by atoms with Crippen LogP contribution in [0.1, 0.15) is 29.2 Å². The average Bonchev–Trinajstić information content (AvgIpc) is 2.81. The van der Waals surface area contributed by atoms with Gasteiger partial charge in [-0.25, -0.2) is 4.79 Å². The van der Waals surface area contributed by atoms with Crippen molar-refractivity contribution in [2.24, 2.45) is 0 Å². The molecule has 0 heterocycles. The summed E-state index contributed by atoms with van der Waals surface area (Å²) in [5.74, 6) is -0.458. The summed E-state index contributed by atoms with van der Waals surface area (Å²) in [6.07, 6.45) is 2.30. The lowest BCUT2D eigenvalue weighted by molar-refractivity contribution is -0.139. The van der Waals surface area contributed by atoms with Gasteiger partial charge in [0.15, 0.2) is 6.61 Å². The normalized spacial score (nSPS) is 16.2. The highest BCUT2D eigenvalue weighted by Gasteiger charge is 2.20. The first-order valence-electron chi connectivity index (χ1n) is 10.7. The van der Waals surface area contributed by atoms with Gasteiger partial charge >= 0.3 is 5.97 Å². The van der Waals surface area contributed by atoms with E-state index in [9.17, 15) is 9.90 Å². The molecule has 0 saturated carbocycles. The molecule has 1 aliphatic carbocycles. The highest BCUT2D eigenvalue weighted by molar-refractivity contribution is 6.30. The molecule has 32 heavy (non-hydrogen) atoms. The molecule has 0 amide bonds. The molecule has 0 aliphatic heterocycles. The number of fused-ring (bicyclic) bond motifs is 1. The third kappa shape index (κ3) is 5.68. The molecule has 3 N–H and O–H groups in total. The van der Waals surface area contributed by atoms with Crippen molar-refractivity contribution in [2.75, 3.05) is 13.2 Å². The van der Waals surface area contributed by atoms with Crippen LogP contribution < -0.4 is 10.1 Å². The highest BCUT2D eigenvalue weighted by atomic mass is 35.5. The molecule has 0 saturated heterocycles. The minimum absolute atomic E-state index is 0.289. The first-order valence-corrected chi connectivity index (χ1v) is 11.1. The van der Waals surface area contributed by atoms with Crippen LogP contribution in [0.2, 0.25) is 5.02 Å². The van der Waals surface area contributed by atoms with Gasteiger partial charge in [-0.15, -0.1) is 0 Å². The van der Waals surface area contributed by atoms with Gasteiger partial charge in [0.2, 0.25) is 0 Å². The SMILES string of the molecule is O=C(O)COc1cccc(-c2ccc3c(c2)C[C@@H](NC[C@H](O)c2cccc(Cl)c2)CC3)c1. The number of carbonyl (C=O) groups is 1. The maximum Gasteiger partial charge on any atom is 0.341 e. The largest absolute Gasteiger partial charge is 0.482 e. The predicted molar refractivity (Wildman–Crippen MR) is 125 cm³/mol. The number of halogens is 1. The first kappa shape index (κ1) is 22.3. The summed E-state index contributed by atoms with van der Waals surface area (Å²) in [5, 5.41) is 23.4. The van der Waals surface area contributed by atoms with Gasteiger partial charge < -0.3 is 20.3 Å². The van der Waals surface area contributed by atoms with E-state index in [0.29, 0.717) is 17.3 Å². The fourth-order valence-corrected chi connectivity index (χ4v) is 4.33. The van der Waals surface area contributed by atoms with Crippen LogP contribution in [0, 0.1) is 0 Å². The topological polar surface area (TPSA) is 78.8 Å². The zero-order valence-electron chi connectivity index (χ0n) is 17.6. The molecule has 2 atom stereocenters. The minimum atomic E-state index is -0.997. The molecule has 3 aromatic carbocycles. The Hall–Kier alpha value is -2.86. The van der Waals surface area contributed by atoms with Gasteiger partial charge in [-0.3, -0.25) is 0 Å². The van der Waals surface area contributed by atoms with Crippen LogP contribution >= 0.6 is 11.6 Å². The van der Waals surface area contributed by atoms with Crippen molar-refractivity contribution >= 4 is 17.6 Å². The number of hydrogen-bond donors (Lipinski definition) is 3. The second-order valence-electron chi connectivity index (χ2n) is 8.11. The zero-order valence-corrected chi connectivity index (χ0v) is 18.4. The maximum absolute atomic E-state index is 10.8. The molecular formula is C26H26ClNO4. The van der Waals surface area contributed by atoms with Crippen LogP contribution in [0.25, 0.3) is 11.1 Å². The number of ether oxygens (including phenoxy) is 1. The quantitative estimate of drug-likeness (QED) is 0.464. The van der Waals surface area contributed by atoms with Gasteiger partial charge in [0.1, 0.15) is 5.75 Å². The highest BCUT2D eigenvalue weighted by Crippen LogP contribution is 2.30. The fourth-order valence-electron chi connectivity index (χ4n) is 4.13. The lowest BCUT2D eigenvalue weighted by Crippen LogP contribution is -2.37. The molecule has 0 unspecified atom stereocenters. The number of nitrogens with one attached hydrogen (secondary N) is 1. The maximum atomic E-state index is 10.8. The smallest absolute Gasteiger partial charge is 0.341 e. The molecule has 1 aliphatic rings. The number of benzene rings is 3. The number of aliphatic hydroxyl groups excluding tert-OH is 1. The van der Waals surface area contributed by atoms with E-state index >= 15 is 0 Å². The molecule has 0 fully saturated rings. The Morgan fingerprint density at radius 2 is 1.88 bits per heavy atom. The van der Waals surface area contributed by atoms with Crippen LogP contribution in [0.3, 0.4) is 0 Å². The van der Waals surface area contributed by atoms with Crippen molar-refractivity contribution in [3.8, 4) is 16.9 Å². The van der Waals surface area contributed by atoms with Crippen LogP contribution in [0.15, 0.2) is 66.7 Å². The molecule has 0 aromatic heterocycles. The summed E-state index contributed by atoms with van der Waals surface area (Å²) in [7, 11) is 0. The van der Waals surface area contributed by atoms with Crippen molar-refractivity contribution in [3.63, 3.8) is 0 Å². The minimum Gasteiger partial charge on any atom is -0.482 e. The Kier molecular flexibility index (Phi) is 7.10. The van der Waals surface area contributed by atoms with Crippen molar-refractivity contribution in [3.05, 3.63) is 88.4 Å². The molecule has 0 spiro atoms. The van der Waals surface area contributed by atoms with Crippen LogP contribution in [-0.2, 0) is 17.6 Å². The molecular weight excluding hydrogens is 426 g/mol. The number of carboxylic acid groups (broad SMARTS) is 1. The first-order chi connectivity index (χ1) is 15.5. The number of hydrogen-bond acceptors (Lipinski definition) is 4. The Morgan fingerprint density at radius 3 is 2.69 bits per heavy atom. The Balaban J connectivity index is 1.42. The number of aliphatic carboxylic acids is 1. The standard InChI is InChI=1S/C26H26ClNO4/c27-22-5-1-4-20(12-22)25(29)15-28-23-10-9-17-7-8-19(11-21(17)13-23)18-3-2-6-24(14-18)32-16-26(30)31/h1-8,11-12,14,23,25,28-29H,9-10,13,15-16H2,(H,30,31)/t23-,25-/m0/s1. The summed E-state index contributed by atoms with van der Waals surface area (Å²) in [5.41, 5.74) is 5.51. The van der Waals surface area contributed by atoms with Gasteiger partial charge in [0, 0.05) is 17.6 Å². The number of rotatable bonds is 8. The van der Waals surface area contributed by atoms with Gasteiger partial charge in [0.05, 0.1) is 6.10 Å². The molecule has 5 nitrogen and oxygen atoms in total. The van der Waals surface area contributed by atoms with E-state index < -0.39 is 12.1 Å². The summed E-state index contributed by atoms with van der Waals surface area (Å²) in [4.78, 5) is 10.8. The van der Waals surface area contributed by atoms with Gasteiger partial charge in [-0.2, -0.15) is 0 Å². The monoisotopic (exact) mass is 451 g/mol. The van der Waals surface area contributed by atoms with E-state index in [-0.39, 0.29) is 12.6 Å². The molecule has 166 valence electrons. The summed E-state index contributed by atoms with van der Waals surface area (Å²) in [6.45, 7) is 0.116. The molecule has 0 radical (unpaired) electrons. The van der Waals surface area contributed by atoms with E-state index in [1.54, 1.807) is 18.2 Å². The van der Waals surface area contributed by atoms with E-state index in [1.165, 1.54) is 11.1 Å². The van der Waals surface area contributed by atoms with Crippen molar-refractivity contribution in [1.29, 1.82) is 0 Å². The van der Waals surface area contributed by atoms with Gasteiger partial charge in [-0.05, 0) is 71.3 Å². The van der Waals surface area contributed by atoms with Crippen LogP contribution in [-0.4, -0.2) is 35.4 Å². The Labute approximate surface area is 192 Å². The van der Waals surface area contributed by atoms with Crippen molar-refractivity contribution in [1.82, 2.24) is 5.32 Å². The third-order valence-electron chi connectivity index (χ3n) is 5.80. The third-order valence-corrected chi connectivity index (χ3v) is 6.03. The number of aliphatic hydroxyl groups is 1. The van der Waals surface area contributed by atoms with Crippen LogP contribution in [0.4, 0.5) is 0 Å². The number of aryl methyl sites for hydroxylation is 1. The molecule has 4 rings (SSSR count). The Bertz CT molecular complexity index is 1100. The van der Waals surface area contributed by atoms with E-state index in [1.807, 2.05) is 30.3 Å². The Morgan fingerprint density at radius 1 is 1.06 bits per heavy atom. The van der Waals surface area contributed by atoms with Gasteiger partial charge in [-0.1, -0.05) is 54.1 Å². The average molecular weight is 452 g/mol. The van der Waals surface area contributed by atoms with E-state index in [2.05, 4.69) is 23.5 Å². The van der Waals surface area contributed by atoms with Gasteiger partial charge in [0.25, 0.3) is 0 Å². The van der Waals surface area contributed by atoms with Crippen molar-refractivity contribution in [2.45, 2.75) is 31.4 Å². The molecule has 3 aromatic rings. The summed E-state index contributed by atoms with van der Waals surface area (Å²) in [6, 6.07) is 21.6. The van der Waals surface area contributed by atoms with Crippen molar-refractivity contribution < 1.29 is 19.7 Å². The van der Waals surface area contributed by atoms with E-state index in [4.69, 9.17) is 21.4 Å². The lowest BCUT2D eigenvalue weighted by Gasteiger charge is -2.27. The summed E-state index contributed by atoms with van der Waals surface area (Å²) < 4.78 is 5.32. The second-order valence-corrected chi connectivity index (χ2v) is 8.55. The predicted octanol–water partition coefficient (Wildman–Crippen LogP) is 4.65. The van der Waals surface area contributed by atoms with E-state index in [0.717, 1.165) is 36.0 Å². The number of carboxylic acids is 1. The lowest BCUT2D eigenvalue weighted by atomic mass is 9.86. The summed E-state index contributed by atoms with van der Waals surface area (Å²) >= 11 is 6.04. The zero-order chi connectivity index (χ0) is 22.5. The molecule has 0 bridgehead atoms.